The number of allylic oxidation sites excluding steroid dienone is 2. The first-order valence-electron chi connectivity index (χ1n) is 20.4. The molecule has 0 atom stereocenters. The molecular formula is C42H46N12O8. The Hall–Kier alpha value is -7.51. The predicted molar refractivity (Wildman–Crippen MR) is 226 cm³/mol. The average Bonchev–Trinajstić information content (AvgIpc) is 3.98. The van der Waals surface area contributed by atoms with Crippen LogP contribution in [0.4, 0.5) is 11.9 Å². The van der Waals surface area contributed by atoms with Crippen molar-refractivity contribution in [2.45, 2.75) is 79.2 Å². The van der Waals surface area contributed by atoms with E-state index in [1.165, 1.54) is 6.07 Å². The predicted octanol–water partition coefficient (Wildman–Crippen LogP) is 4.05. The number of benzene rings is 2. The highest BCUT2D eigenvalue weighted by Gasteiger charge is 2.35. The first-order valence-corrected chi connectivity index (χ1v) is 20.4. The number of carboxylic acids is 1. The van der Waals surface area contributed by atoms with E-state index in [9.17, 15) is 29.1 Å². The van der Waals surface area contributed by atoms with Crippen LogP contribution in [0.2, 0.25) is 0 Å². The first kappa shape index (κ1) is 41.2. The number of anilines is 2. The average molecular weight is 847 g/mol. The fourth-order valence-electron chi connectivity index (χ4n) is 7.76. The zero-order valence-corrected chi connectivity index (χ0v) is 34.6. The summed E-state index contributed by atoms with van der Waals surface area (Å²) in [6.45, 7) is 8.87. The molecule has 6 N–H and O–H groups in total. The molecule has 0 unspecified atom stereocenters. The van der Waals surface area contributed by atoms with Gasteiger partial charge >= 0.3 is 5.97 Å². The second-order valence-corrected chi connectivity index (χ2v) is 15.2. The molecule has 4 aromatic heterocycles. The summed E-state index contributed by atoms with van der Waals surface area (Å²) in [6.07, 6.45) is 4.69. The fraction of sp³-hybridized carbons (Fsp3) is 0.357. The summed E-state index contributed by atoms with van der Waals surface area (Å²) in [5.74, 6) is -2.40. The quantitative estimate of drug-likeness (QED) is 0.122. The molecule has 1 saturated carbocycles. The van der Waals surface area contributed by atoms with Gasteiger partial charge in [0, 0.05) is 49.8 Å². The van der Waals surface area contributed by atoms with Crippen molar-refractivity contribution < 1.29 is 38.6 Å². The van der Waals surface area contributed by atoms with Crippen molar-refractivity contribution in [2.75, 3.05) is 23.8 Å². The highest BCUT2D eigenvalue weighted by molar-refractivity contribution is 6.05. The smallest absolute Gasteiger partial charge is 0.306 e. The van der Waals surface area contributed by atoms with Gasteiger partial charge in [0.15, 0.2) is 0 Å². The lowest BCUT2D eigenvalue weighted by atomic mass is 9.80. The van der Waals surface area contributed by atoms with E-state index in [2.05, 4.69) is 26.1 Å². The second kappa shape index (κ2) is 16.9. The first-order chi connectivity index (χ1) is 29.8. The molecule has 62 heavy (non-hydrogen) atoms. The third-order valence-electron chi connectivity index (χ3n) is 10.8. The number of ether oxygens (including phenoxy) is 2. The number of rotatable bonds is 10. The molecule has 5 heterocycles. The minimum absolute atomic E-state index is 0.116. The number of primary amides is 1. The van der Waals surface area contributed by atoms with Gasteiger partial charge in [-0.25, -0.2) is 9.97 Å². The topological polar surface area (TPSA) is 257 Å². The van der Waals surface area contributed by atoms with Crippen LogP contribution in [0.3, 0.4) is 0 Å². The van der Waals surface area contributed by atoms with Gasteiger partial charge in [0.25, 0.3) is 17.7 Å². The molecule has 1 aliphatic heterocycles. The molecule has 2 aliphatic rings. The summed E-state index contributed by atoms with van der Waals surface area (Å²) in [7, 11) is 0. The van der Waals surface area contributed by atoms with Crippen LogP contribution in [-0.4, -0.2) is 92.6 Å². The van der Waals surface area contributed by atoms with Crippen LogP contribution < -0.4 is 31.2 Å². The number of imidazole rings is 2. The molecule has 0 saturated heterocycles. The van der Waals surface area contributed by atoms with Gasteiger partial charge < -0.3 is 34.8 Å². The van der Waals surface area contributed by atoms with Crippen molar-refractivity contribution in [3.05, 3.63) is 82.5 Å². The maximum Gasteiger partial charge on any atom is 0.306 e. The van der Waals surface area contributed by atoms with E-state index in [1.54, 1.807) is 62.7 Å². The van der Waals surface area contributed by atoms with Crippen molar-refractivity contribution in [1.82, 2.24) is 44.0 Å². The van der Waals surface area contributed by atoms with Crippen LogP contribution in [0.25, 0.3) is 22.1 Å². The second-order valence-electron chi connectivity index (χ2n) is 15.2. The standard InChI is InChI=1S/C42H46N12O8/c1-5-53-30(14-22(3)49-53)38(57)47-41-45-28-18-24(36(43)55)20-32-34(28)51(41)10-7-8-11-52-35-29(46-42(52)48-39(58)31-15-23(4)50-54(31)6-2)19-25(21-33(35)62-13-9-12-61-32)37(56)44-27-16-26(17-27)40(59)60/h7-8,14-15,18-21,26-27H,5-6,9-13,16-17H2,1-4H3,(H2,43,55)(H,44,56)(H,59,60)(H,45,47,57)(H,46,48,58)/b8-7+/t26-,27-. The Morgan fingerprint density at radius 2 is 1.21 bits per heavy atom. The number of aliphatic carboxylic acids is 1. The van der Waals surface area contributed by atoms with Gasteiger partial charge in [0.2, 0.25) is 17.8 Å². The number of aromatic nitrogens is 8. The number of carboxylic acid groups (broad SMARTS) is 1. The van der Waals surface area contributed by atoms with Crippen LogP contribution in [0.15, 0.2) is 48.6 Å². The lowest BCUT2D eigenvalue weighted by molar-refractivity contribution is -0.145. The molecule has 0 spiro atoms. The largest absolute Gasteiger partial charge is 0.491 e. The van der Waals surface area contributed by atoms with Crippen molar-refractivity contribution in [3.8, 4) is 11.5 Å². The lowest BCUT2D eigenvalue weighted by Gasteiger charge is -2.32. The molecule has 2 aromatic carbocycles. The van der Waals surface area contributed by atoms with E-state index in [4.69, 9.17) is 25.2 Å². The van der Waals surface area contributed by atoms with E-state index >= 15 is 0 Å². The normalized spacial score (nSPS) is 16.9. The molecule has 0 bridgehead atoms. The maximum absolute atomic E-state index is 13.8. The van der Waals surface area contributed by atoms with E-state index in [1.807, 2.05) is 26.0 Å². The number of carbonyl (C=O) groups is 5. The van der Waals surface area contributed by atoms with Crippen LogP contribution >= 0.6 is 0 Å². The van der Waals surface area contributed by atoms with Crippen molar-refractivity contribution in [1.29, 1.82) is 0 Å². The summed E-state index contributed by atoms with van der Waals surface area (Å²) < 4.78 is 19.4. The number of carbonyl (C=O) groups excluding carboxylic acids is 4. The molecule has 4 amide bonds. The van der Waals surface area contributed by atoms with Crippen LogP contribution in [0.1, 0.15) is 86.2 Å². The Morgan fingerprint density at radius 3 is 1.68 bits per heavy atom. The number of hydrogen-bond donors (Lipinski definition) is 5. The number of amides is 4. The van der Waals surface area contributed by atoms with E-state index in [0.717, 1.165) is 0 Å². The zero-order chi connectivity index (χ0) is 43.8. The van der Waals surface area contributed by atoms with Gasteiger partial charge in [0.05, 0.1) is 41.6 Å². The molecule has 6 aromatic rings. The third-order valence-corrected chi connectivity index (χ3v) is 10.8. The third kappa shape index (κ3) is 8.05. The van der Waals surface area contributed by atoms with Gasteiger partial charge in [-0.2, -0.15) is 10.2 Å². The highest BCUT2D eigenvalue weighted by Crippen LogP contribution is 2.34. The summed E-state index contributed by atoms with van der Waals surface area (Å²) in [5, 5.41) is 27.0. The minimum Gasteiger partial charge on any atom is -0.491 e. The number of hydrogen-bond acceptors (Lipinski definition) is 11. The number of nitrogens with one attached hydrogen (secondary N) is 3. The van der Waals surface area contributed by atoms with Crippen LogP contribution in [-0.2, 0) is 31.0 Å². The van der Waals surface area contributed by atoms with Gasteiger partial charge in [-0.05, 0) is 76.9 Å². The molecule has 0 radical (unpaired) electrons. The number of nitrogens with two attached hydrogens (primary N) is 1. The molecule has 20 heteroatoms. The molecule has 1 aliphatic carbocycles. The summed E-state index contributed by atoms with van der Waals surface area (Å²) in [6, 6.07) is 9.36. The lowest BCUT2D eigenvalue weighted by Crippen LogP contribution is -2.46. The fourth-order valence-corrected chi connectivity index (χ4v) is 7.76. The number of nitrogens with zero attached hydrogens (tertiary/aromatic N) is 8. The van der Waals surface area contributed by atoms with Gasteiger partial charge in [-0.3, -0.25) is 44.0 Å². The van der Waals surface area contributed by atoms with E-state index < -0.39 is 35.5 Å². The highest BCUT2D eigenvalue weighted by atomic mass is 16.5. The SMILES string of the molecule is CCn1nc(C)cc1C(=O)Nc1nc2cc(C(N)=O)cc3c2n1C/C=C/Cn1c(NC(=O)c2cc(C)nn2CC)nc2cc(C(=O)N[C@H]4C[C@H](C(=O)O)C4)cc(c21)OCCCO3. The molecule has 322 valence electrons. The van der Waals surface area contributed by atoms with E-state index in [0.29, 0.717) is 88.7 Å². The molecule has 20 nitrogen and oxygen atoms in total. The monoisotopic (exact) mass is 846 g/mol. The molecule has 8 rings (SSSR count). The zero-order valence-electron chi connectivity index (χ0n) is 34.6. The van der Waals surface area contributed by atoms with Crippen molar-refractivity contribution >= 4 is 63.6 Å². The Bertz CT molecular complexity index is 2810. The van der Waals surface area contributed by atoms with Crippen molar-refractivity contribution in [2.24, 2.45) is 11.7 Å². The van der Waals surface area contributed by atoms with Crippen molar-refractivity contribution in [3.63, 3.8) is 0 Å². The molecular weight excluding hydrogens is 801 g/mol. The van der Waals surface area contributed by atoms with Crippen LogP contribution in [0, 0.1) is 19.8 Å². The minimum atomic E-state index is -0.896. The van der Waals surface area contributed by atoms with E-state index in [-0.39, 0.29) is 55.4 Å². The van der Waals surface area contributed by atoms with Gasteiger partial charge in [0.1, 0.15) is 33.9 Å². The van der Waals surface area contributed by atoms with Gasteiger partial charge in [-0.15, -0.1) is 0 Å². The summed E-state index contributed by atoms with van der Waals surface area (Å²) in [5.41, 5.74) is 9.89. The Kier molecular flexibility index (Phi) is 11.2. The Labute approximate surface area is 354 Å². The summed E-state index contributed by atoms with van der Waals surface area (Å²) >= 11 is 0. The summed E-state index contributed by atoms with van der Waals surface area (Å²) in [4.78, 5) is 74.5. The Morgan fingerprint density at radius 1 is 0.726 bits per heavy atom. The van der Waals surface area contributed by atoms with Crippen LogP contribution in [0.5, 0.6) is 11.5 Å². The number of aryl methyl sites for hydroxylation is 4. The Balaban J connectivity index is 1.19. The van der Waals surface area contributed by atoms with Gasteiger partial charge in [-0.1, -0.05) is 12.2 Å². The maximum atomic E-state index is 13.8. The molecule has 1 fully saturated rings.